The van der Waals surface area contributed by atoms with E-state index in [0.29, 0.717) is 13.2 Å². The van der Waals surface area contributed by atoms with Gasteiger partial charge in [-0.15, -0.1) is 11.8 Å². The molecule has 2 aliphatic rings. The second-order valence-corrected chi connectivity index (χ2v) is 14.3. The van der Waals surface area contributed by atoms with E-state index < -0.39 is 61.1 Å². The Balaban J connectivity index is 1.32. The topological polar surface area (TPSA) is 90.9 Å². The lowest BCUT2D eigenvalue weighted by atomic mass is 9.97. The van der Waals surface area contributed by atoms with Crippen molar-refractivity contribution in [2.75, 3.05) is 6.26 Å². The van der Waals surface area contributed by atoms with Gasteiger partial charge in [0.25, 0.3) is 0 Å². The summed E-state index contributed by atoms with van der Waals surface area (Å²) < 4.78 is 52.8. The highest BCUT2D eigenvalue weighted by atomic mass is 32.2. The largest absolute Gasteiger partial charge is 0.457 e. The first-order chi connectivity index (χ1) is 25.9. The van der Waals surface area contributed by atoms with Gasteiger partial charge >= 0.3 is 5.97 Å². The van der Waals surface area contributed by atoms with Gasteiger partial charge in [-0.1, -0.05) is 121 Å². The Morgan fingerprint density at radius 1 is 0.528 bits per heavy atom. The Bertz CT molecular complexity index is 1650. The average Bonchev–Trinajstić information content (AvgIpc) is 3.18. The van der Waals surface area contributed by atoms with Gasteiger partial charge < -0.3 is 37.9 Å². The van der Waals surface area contributed by atoms with E-state index >= 15 is 0 Å². The monoisotopic (exact) mass is 742 g/mol. The van der Waals surface area contributed by atoms with Crippen molar-refractivity contribution in [3.63, 3.8) is 0 Å². The van der Waals surface area contributed by atoms with Gasteiger partial charge in [-0.2, -0.15) is 0 Å². The minimum atomic E-state index is -0.944. The summed E-state index contributed by atoms with van der Waals surface area (Å²) in [6, 6.07) is 39.8. The summed E-state index contributed by atoms with van der Waals surface area (Å²) in [5.41, 5.74) is 3.68. The molecule has 0 N–H and O–H groups in total. The third kappa shape index (κ3) is 10.8. The Morgan fingerprint density at radius 3 is 1.32 bits per heavy atom. The number of carbonyl (C=O) groups excluding carboxylic acids is 1. The van der Waals surface area contributed by atoms with Gasteiger partial charge in [0, 0.05) is 6.92 Å². The maximum atomic E-state index is 12.4. The highest BCUT2D eigenvalue weighted by Gasteiger charge is 2.53. The molecule has 282 valence electrons. The van der Waals surface area contributed by atoms with Crippen molar-refractivity contribution >= 4 is 17.7 Å². The molecule has 4 aromatic rings. The van der Waals surface area contributed by atoms with Gasteiger partial charge in [0.15, 0.2) is 12.4 Å². The lowest BCUT2D eigenvalue weighted by molar-refractivity contribution is -0.348. The molecule has 0 saturated carbocycles. The standard InChI is InChI=1S/C43H50O9S/c1-29-36(51-31(3)44)38(45-25-32-17-9-5-10-18-32)40(47-27-34-21-13-7-14-22-34)42(49-29)52-37-30(2)50-43(53-4)41(48-28-35-23-15-8-16-24-35)39(37)46-26-33-19-11-6-12-20-33/h5-24,29-30,36-43H,25-28H2,1-4H3/t29-,30-,36-,37-,38+,39+,40+,41+,42+,43-/m0/s1. The van der Waals surface area contributed by atoms with Crippen LogP contribution >= 0.6 is 11.8 Å². The highest BCUT2D eigenvalue weighted by Crippen LogP contribution is 2.37. The molecular weight excluding hydrogens is 693 g/mol. The van der Waals surface area contributed by atoms with Crippen LogP contribution in [0.1, 0.15) is 43.0 Å². The Kier molecular flexibility index (Phi) is 14.5. The van der Waals surface area contributed by atoms with Crippen molar-refractivity contribution in [2.45, 2.75) is 108 Å². The molecule has 2 aliphatic heterocycles. The van der Waals surface area contributed by atoms with E-state index in [1.165, 1.54) is 6.92 Å². The number of thioether (sulfide) groups is 1. The molecule has 2 heterocycles. The zero-order valence-electron chi connectivity index (χ0n) is 30.7. The first-order valence-electron chi connectivity index (χ1n) is 18.2. The van der Waals surface area contributed by atoms with Crippen LogP contribution in [0, 0.1) is 0 Å². The van der Waals surface area contributed by atoms with E-state index in [4.69, 9.17) is 37.9 Å². The number of hydrogen-bond acceptors (Lipinski definition) is 10. The van der Waals surface area contributed by atoms with Gasteiger partial charge in [0.1, 0.15) is 36.0 Å². The number of ether oxygens (including phenoxy) is 8. The maximum absolute atomic E-state index is 12.4. The van der Waals surface area contributed by atoms with E-state index in [-0.39, 0.29) is 18.6 Å². The van der Waals surface area contributed by atoms with Crippen LogP contribution < -0.4 is 0 Å². The molecular formula is C43H50O9S. The van der Waals surface area contributed by atoms with Gasteiger partial charge in [0.05, 0.1) is 38.6 Å². The van der Waals surface area contributed by atoms with Gasteiger partial charge in [-0.3, -0.25) is 4.79 Å². The molecule has 53 heavy (non-hydrogen) atoms. The third-order valence-electron chi connectivity index (χ3n) is 9.42. The average molecular weight is 743 g/mol. The van der Waals surface area contributed by atoms with Crippen LogP contribution in [0.5, 0.6) is 0 Å². The van der Waals surface area contributed by atoms with Crippen LogP contribution in [0.25, 0.3) is 0 Å². The van der Waals surface area contributed by atoms with Crippen LogP contribution in [-0.2, 0) is 69.1 Å². The molecule has 2 saturated heterocycles. The fourth-order valence-electron chi connectivity index (χ4n) is 6.74. The summed E-state index contributed by atoms with van der Waals surface area (Å²) in [6.45, 7) is 6.47. The quantitative estimate of drug-likeness (QED) is 0.108. The Labute approximate surface area is 317 Å². The number of hydrogen-bond donors (Lipinski definition) is 0. The molecule has 2 fully saturated rings. The lowest BCUT2D eigenvalue weighted by Crippen LogP contribution is -2.64. The molecule has 0 unspecified atom stereocenters. The zero-order valence-corrected chi connectivity index (χ0v) is 31.5. The smallest absolute Gasteiger partial charge is 0.303 e. The minimum Gasteiger partial charge on any atom is -0.457 e. The van der Waals surface area contributed by atoms with E-state index in [1.54, 1.807) is 11.8 Å². The number of carbonyl (C=O) groups is 1. The minimum absolute atomic E-state index is 0.253. The molecule has 4 aromatic carbocycles. The summed E-state index contributed by atoms with van der Waals surface area (Å²) >= 11 is 1.58. The number of esters is 1. The summed E-state index contributed by atoms with van der Waals surface area (Å²) in [5.74, 6) is -0.440. The molecule has 0 bridgehead atoms. The summed E-state index contributed by atoms with van der Waals surface area (Å²) in [4.78, 5) is 12.4. The fraction of sp³-hybridized carbons (Fsp3) is 0.419. The van der Waals surface area contributed by atoms with Crippen molar-refractivity contribution in [3.05, 3.63) is 144 Å². The predicted octanol–water partition coefficient (Wildman–Crippen LogP) is 7.50. The number of rotatable bonds is 16. The van der Waals surface area contributed by atoms with Crippen LogP contribution in [0.15, 0.2) is 121 Å². The maximum Gasteiger partial charge on any atom is 0.303 e. The first kappa shape index (κ1) is 39.1. The van der Waals surface area contributed by atoms with Gasteiger partial charge in [-0.05, 0) is 42.4 Å². The third-order valence-corrected chi connectivity index (χ3v) is 10.3. The second kappa shape index (κ2) is 19.7. The van der Waals surface area contributed by atoms with E-state index in [1.807, 2.05) is 141 Å². The van der Waals surface area contributed by atoms with Gasteiger partial charge in [-0.25, -0.2) is 0 Å². The molecule has 0 radical (unpaired) electrons. The van der Waals surface area contributed by atoms with E-state index in [0.717, 1.165) is 22.3 Å². The summed E-state index contributed by atoms with van der Waals surface area (Å²) in [6.07, 6.45) is -3.90. The number of benzene rings is 4. The molecule has 9 nitrogen and oxygen atoms in total. The van der Waals surface area contributed by atoms with E-state index in [9.17, 15) is 4.79 Å². The fourth-order valence-corrected chi connectivity index (χ4v) is 7.53. The SMILES string of the molecule is CS[C@@H]1O[C@@H](C)[C@H](O[C@H]2O[C@@H](C)[C@H](OC(C)=O)[C@@H](OCc3ccccc3)[C@H]2OCc2ccccc2)[C@@H](OCc2ccccc2)[C@H]1OCc1ccccc1. The molecule has 0 amide bonds. The molecule has 10 heteroatoms. The second-order valence-electron chi connectivity index (χ2n) is 13.4. The van der Waals surface area contributed by atoms with Gasteiger partial charge in [0.2, 0.25) is 0 Å². The van der Waals surface area contributed by atoms with Crippen molar-refractivity contribution in [2.24, 2.45) is 0 Å². The molecule has 6 rings (SSSR count). The Hall–Kier alpha value is -3.58. The first-order valence-corrected chi connectivity index (χ1v) is 19.5. The summed E-state index contributed by atoms with van der Waals surface area (Å²) in [5, 5.41) is 0. The van der Waals surface area contributed by atoms with Crippen molar-refractivity contribution < 1.29 is 42.7 Å². The van der Waals surface area contributed by atoms with Crippen molar-refractivity contribution in [3.8, 4) is 0 Å². The van der Waals surface area contributed by atoms with Crippen LogP contribution in [-0.4, -0.2) is 72.8 Å². The normalized spacial score (nSPS) is 28.7. The van der Waals surface area contributed by atoms with Crippen LogP contribution in [0.3, 0.4) is 0 Å². The molecule has 10 atom stereocenters. The Morgan fingerprint density at radius 2 is 0.906 bits per heavy atom. The predicted molar refractivity (Wildman–Crippen MR) is 203 cm³/mol. The van der Waals surface area contributed by atoms with Crippen molar-refractivity contribution in [1.29, 1.82) is 0 Å². The zero-order chi connectivity index (χ0) is 37.0. The van der Waals surface area contributed by atoms with Crippen molar-refractivity contribution in [1.82, 2.24) is 0 Å². The molecule has 0 aliphatic carbocycles. The van der Waals surface area contributed by atoms with E-state index in [2.05, 4.69) is 0 Å². The summed E-state index contributed by atoms with van der Waals surface area (Å²) in [7, 11) is 0. The van der Waals surface area contributed by atoms with Crippen LogP contribution in [0.2, 0.25) is 0 Å². The lowest BCUT2D eigenvalue weighted by Gasteiger charge is -2.49. The highest BCUT2D eigenvalue weighted by molar-refractivity contribution is 7.99. The van der Waals surface area contributed by atoms with Crippen LogP contribution in [0.4, 0.5) is 0 Å². The molecule has 0 aromatic heterocycles. The molecule has 0 spiro atoms.